The van der Waals surface area contributed by atoms with Gasteiger partial charge in [0, 0.05) is 26.1 Å². The number of imide groups is 1. The molecule has 1 aromatic rings. The molecule has 0 radical (unpaired) electrons. The molecule has 0 aliphatic rings. The van der Waals surface area contributed by atoms with Gasteiger partial charge >= 0.3 is 12.0 Å². The Morgan fingerprint density at radius 2 is 1.95 bits per heavy atom. The van der Waals surface area contributed by atoms with Crippen molar-refractivity contribution in [1.82, 2.24) is 15.2 Å². The van der Waals surface area contributed by atoms with E-state index in [1.807, 2.05) is 6.07 Å². The summed E-state index contributed by atoms with van der Waals surface area (Å²) in [5, 5.41) is 10.7. The van der Waals surface area contributed by atoms with Crippen molar-refractivity contribution in [3.63, 3.8) is 0 Å². The Balaban J connectivity index is 2.28. The van der Waals surface area contributed by atoms with Crippen LogP contribution in [0, 0.1) is 0 Å². The minimum Gasteiger partial charge on any atom is -0.481 e. The number of aromatic nitrogens is 1. The summed E-state index contributed by atoms with van der Waals surface area (Å²) in [4.78, 5) is 39.1. The lowest BCUT2D eigenvalue weighted by atomic mass is 10.2. The van der Waals surface area contributed by atoms with Crippen molar-refractivity contribution in [2.24, 2.45) is 0 Å². The fourth-order valence-corrected chi connectivity index (χ4v) is 1.65. The number of amides is 3. The average Bonchev–Trinajstić information content (AvgIpc) is 2.44. The van der Waals surface area contributed by atoms with Crippen LogP contribution in [0.3, 0.4) is 0 Å². The van der Waals surface area contributed by atoms with Crippen molar-refractivity contribution in [2.45, 2.75) is 32.2 Å². The minimum atomic E-state index is -0.887. The second kappa shape index (κ2) is 8.68. The Morgan fingerprint density at radius 1 is 1.24 bits per heavy atom. The lowest BCUT2D eigenvalue weighted by molar-refractivity contribution is -0.137. The summed E-state index contributed by atoms with van der Waals surface area (Å²) >= 11 is 0. The van der Waals surface area contributed by atoms with Crippen LogP contribution in [0.1, 0.15) is 31.4 Å². The number of hydrogen-bond acceptors (Lipinski definition) is 4. The van der Waals surface area contributed by atoms with E-state index in [9.17, 15) is 14.4 Å². The second-order valence-electron chi connectivity index (χ2n) is 4.63. The summed E-state index contributed by atoms with van der Waals surface area (Å²) < 4.78 is 0. The lowest BCUT2D eigenvalue weighted by Gasteiger charge is -2.16. The molecule has 0 saturated heterocycles. The molecule has 0 aliphatic heterocycles. The maximum absolute atomic E-state index is 11.8. The molecule has 1 aromatic heterocycles. The van der Waals surface area contributed by atoms with Gasteiger partial charge in [0.15, 0.2) is 0 Å². The standard InChI is InChI=1S/C14H19N3O4/c1-17(10-11-6-4-5-9-15-11)14(21)16-12(18)7-2-3-8-13(19)20/h4-6,9H,2-3,7-8,10H2,1H3,(H,19,20)(H,16,18,21). The highest BCUT2D eigenvalue weighted by Crippen LogP contribution is 2.01. The molecule has 2 N–H and O–H groups in total. The Hall–Kier alpha value is -2.44. The van der Waals surface area contributed by atoms with Gasteiger partial charge < -0.3 is 10.0 Å². The maximum Gasteiger partial charge on any atom is 0.324 e. The van der Waals surface area contributed by atoms with E-state index in [1.165, 1.54) is 4.90 Å². The quantitative estimate of drug-likeness (QED) is 0.740. The third-order valence-corrected chi connectivity index (χ3v) is 2.76. The van der Waals surface area contributed by atoms with Gasteiger partial charge in [0.05, 0.1) is 12.2 Å². The first-order valence-electron chi connectivity index (χ1n) is 6.65. The van der Waals surface area contributed by atoms with E-state index in [2.05, 4.69) is 10.3 Å². The normalized spacial score (nSPS) is 9.95. The van der Waals surface area contributed by atoms with Crippen molar-refractivity contribution in [2.75, 3.05) is 7.05 Å². The molecule has 0 bridgehead atoms. The van der Waals surface area contributed by atoms with Crippen LogP contribution in [-0.4, -0.2) is 39.9 Å². The predicted octanol–water partition coefficient (Wildman–Crippen LogP) is 1.39. The molecule has 114 valence electrons. The fraction of sp³-hybridized carbons (Fsp3) is 0.429. The molecule has 0 fully saturated rings. The first kappa shape index (κ1) is 16.6. The Labute approximate surface area is 123 Å². The summed E-state index contributed by atoms with van der Waals surface area (Å²) in [6.45, 7) is 0.305. The molecule has 7 nitrogen and oxygen atoms in total. The summed E-state index contributed by atoms with van der Waals surface area (Å²) in [6.07, 6.45) is 2.65. The monoisotopic (exact) mass is 293 g/mol. The zero-order valence-electron chi connectivity index (χ0n) is 11.9. The van der Waals surface area contributed by atoms with Gasteiger partial charge in [-0.25, -0.2) is 4.79 Å². The Bertz CT molecular complexity index is 490. The number of carboxylic acid groups (broad SMARTS) is 1. The van der Waals surface area contributed by atoms with Crippen LogP contribution in [-0.2, 0) is 16.1 Å². The minimum absolute atomic E-state index is 0.0286. The van der Waals surface area contributed by atoms with Crippen LogP contribution in [0.25, 0.3) is 0 Å². The van der Waals surface area contributed by atoms with E-state index in [-0.39, 0.29) is 12.8 Å². The highest BCUT2D eigenvalue weighted by atomic mass is 16.4. The predicted molar refractivity (Wildman–Crippen MR) is 75.3 cm³/mol. The largest absolute Gasteiger partial charge is 0.481 e. The van der Waals surface area contributed by atoms with E-state index in [0.29, 0.717) is 19.4 Å². The van der Waals surface area contributed by atoms with Gasteiger partial charge in [-0.15, -0.1) is 0 Å². The molecule has 0 spiro atoms. The van der Waals surface area contributed by atoms with Gasteiger partial charge in [-0.2, -0.15) is 0 Å². The van der Waals surface area contributed by atoms with Gasteiger partial charge in [-0.05, 0) is 25.0 Å². The van der Waals surface area contributed by atoms with Gasteiger partial charge in [-0.1, -0.05) is 6.07 Å². The van der Waals surface area contributed by atoms with Crippen LogP contribution in [0.5, 0.6) is 0 Å². The van der Waals surface area contributed by atoms with Crippen LogP contribution in [0.2, 0.25) is 0 Å². The molecule has 1 heterocycles. The number of hydrogen-bond donors (Lipinski definition) is 2. The van der Waals surface area contributed by atoms with Crippen molar-refractivity contribution in [3.05, 3.63) is 30.1 Å². The molecule has 0 aliphatic carbocycles. The van der Waals surface area contributed by atoms with Crippen LogP contribution >= 0.6 is 0 Å². The van der Waals surface area contributed by atoms with Crippen molar-refractivity contribution in [3.8, 4) is 0 Å². The maximum atomic E-state index is 11.8. The first-order chi connectivity index (χ1) is 9.99. The average molecular weight is 293 g/mol. The number of urea groups is 1. The molecule has 0 aromatic carbocycles. The van der Waals surface area contributed by atoms with Crippen molar-refractivity contribution in [1.29, 1.82) is 0 Å². The summed E-state index contributed by atoms with van der Waals surface area (Å²) in [7, 11) is 1.57. The number of carbonyl (C=O) groups is 3. The van der Waals surface area contributed by atoms with Crippen molar-refractivity contribution >= 4 is 17.9 Å². The summed E-state index contributed by atoms with van der Waals surface area (Å²) in [5.41, 5.74) is 0.726. The Kier molecular flexibility index (Phi) is 6.86. The molecule has 0 atom stereocenters. The molecular weight excluding hydrogens is 274 g/mol. The number of unbranched alkanes of at least 4 members (excludes halogenated alkanes) is 1. The van der Waals surface area contributed by atoms with Gasteiger partial charge in [0.1, 0.15) is 0 Å². The van der Waals surface area contributed by atoms with Gasteiger partial charge in [0.25, 0.3) is 0 Å². The fourth-order valence-electron chi connectivity index (χ4n) is 1.65. The molecule has 21 heavy (non-hydrogen) atoms. The summed E-state index contributed by atoms with van der Waals surface area (Å²) in [5.74, 6) is -1.29. The van der Waals surface area contributed by atoms with E-state index in [4.69, 9.17) is 5.11 Å². The van der Waals surface area contributed by atoms with Crippen molar-refractivity contribution < 1.29 is 19.5 Å². The number of aliphatic carboxylic acids is 1. The zero-order chi connectivity index (χ0) is 15.7. The number of carbonyl (C=O) groups excluding carboxylic acids is 2. The SMILES string of the molecule is CN(Cc1ccccn1)C(=O)NC(=O)CCCCC(=O)O. The molecular formula is C14H19N3O4. The smallest absolute Gasteiger partial charge is 0.324 e. The van der Waals surface area contributed by atoms with E-state index >= 15 is 0 Å². The number of carboxylic acids is 1. The highest BCUT2D eigenvalue weighted by Gasteiger charge is 2.13. The lowest BCUT2D eigenvalue weighted by Crippen LogP contribution is -2.40. The molecule has 7 heteroatoms. The topological polar surface area (TPSA) is 99.6 Å². The van der Waals surface area contributed by atoms with Crippen LogP contribution < -0.4 is 5.32 Å². The third kappa shape index (κ3) is 7.05. The number of pyridine rings is 1. The molecule has 3 amide bonds. The highest BCUT2D eigenvalue weighted by molar-refractivity contribution is 5.94. The van der Waals surface area contributed by atoms with E-state index in [0.717, 1.165) is 5.69 Å². The Morgan fingerprint density at radius 3 is 2.57 bits per heavy atom. The van der Waals surface area contributed by atoms with E-state index in [1.54, 1.807) is 25.4 Å². The van der Waals surface area contributed by atoms with Crippen LogP contribution in [0.15, 0.2) is 24.4 Å². The van der Waals surface area contributed by atoms with E-state index < -0.39 is 17.9 Å². The number of nitrogens with one attached hydrogen (secondary N) is 1. The third-order valence-electron chi connectivity index (χ3n) is 2.76. The van der Waals surface area contributed by atoms with Gasteiger partial charge in [-0.3, -0.25) is 19.9 Å². The number of nitrogens with zero attached hydrogens (tertiary/aromatic N) is 2. The zero-order valence-corrected chi connectivity index (χ0v) is 11.9. The van der Waals surface area contributed by atoms with Gasteiger partial charge in [0.2, 0.25) is 5.91 Å². The molecule has 1 rings (SSSR count). The molecule has 0 unspecified atom stereocenters. The van der Waals surface area contributed by atoms with Crippen LogP contribution in [0.4, 0.5) is 4.79 Å². The second-order valence-corrected chi connectivity index (χ2v) is 4.63. The first-order valence-corrected chi connectivity index (χ1v) is 6.65. The number of rotatable bonds is 7. The molecule has 0 saturated carbocycles. The summed E-state index contributed by atoms with van der Waals surface area (Å²) in [6, 6.07) is 4.90.